The summed E-state index contributed by atoms with van der Waals surface area (Å²) in [5.41, 5.74) is 1.08. The number of hydrogen-bond donors (Lipinski definition) is 0. The largest absolute Gasteiger partial charge is 0.497 e. The Hall–Kier alpha value is -1.55. The second-order valence-electron chi connectivity index (χ2n) is 4.10. The monoisotopic (exact) mass is 295 g/mol. The van der Waals surface area contributed by atoms with E-state index in [2.05, 4.69) is 0 Å². The summed E-state index contributed by atoms with van der Waals surface area (Å²) in [5, 5.41) is 0. The van der Waals surface area contributed by atoms with Crippen LogP contribution in [-0.2, 0) is 9.53 Å². The van der Waals surface area contributed by atoms with Crippen LogP contribution >= 0.6 is 0 Å². The number of benzene rings is 1. The average Bonchev–Trinajstić information content (AvgIpc) is 2.58. The Labute approximate surface area is 129 Å². The second-order valence-corrected chi connectivity index (χ2v) is 4.10. The van der Waals surface area contributed by atoms with Crippen LogP contribution in [0.1, 0.15) is 46.3 Å². The summed E-state index contributed by atoms with van der Waals surface area (Å²) < 4.78 is 10.8. The van der Waals surface area contributed by atoms with Crippen molar-refractivity contribution in [2.24, 2.45) is 0 Å². The first-order valence-corrected chi connectivity index (χ1v) is 7.72. The summed E-state index contributed by atoms with van der Waals surface area (Å²) >= 11 is 0. The fourth-order valence-electron chi connectivity index (χ4n) is 1.96. The minimum absolute atomic E-state index is 0.0291. The van der Waals surface area contributed by atoms with Crippen molar-refractivity contribution >= 4 is 5.91 Å². The van der Waals surface area contributed by atoms with Gasteiger partial charge in [0.25, 0.3) is 0 Å². The summed E-state index contributed by atoms with van der Waals surface area (Å²) in [6.45, 7) is 11.5. The van der Waals surface area contributed by atoms with Crippen LogP contribution < -0.4 is 4.74 Å². The second kappa shape index (κ2) is 11.1. The molecule has 0 saturated carbocycles. The standard InChI is InChI=1S/C13H17NO3.2C2H6/c1-10(15)14-7-8-17-13(9-14)11-3-5-12(16-2)6-4-11;2*1-2/h3-6,13H,7-9H2,1-2H3;2*1-2H3. The molecule has 1 saturated heterocycles. The highest BCUT2D eigenvalue weighted by Gasteiger charge is 2.23. The predicted octanol–water partition coefficient (Wildman–Crippen LogP) is 3.67. The van der Waals surface area contributed by atoms with Gasteiger partial charge in [0.05, 0.1) is 20.3 Å². The molecule has 120 valence electrons. The molecule has 0 aromatic heterocycles. The molecule has 1 atom stereocenters. The van der Waals surface area contributed by atoms with Crippen molar-refractivity contribution in [2.75, 3.05) is 26.8 Å². The van der Waals surface area contributed by atoms with Crippen LogP contribution in [0, 0.1) is 0 Å². The van der Waals surface area contributed by atoms with Gasteiger partial charge >= 0.3 is 0 Å². The van der Waals surface area contributed by atoms with Gasteiger partial charge in [-0.15, -0.1) is 0 Å². The number of carbonyl (C=O) groups excluding carboxylic acids is 1. The van der Waals surface area contributed by atoms with Crippen molar-refractivity contribution in [1.29, 1.82) is 0 Å². The molecule has 1 fully saturated rings. The van der Waals surface area contributed by atoms with E-state index in [-0.39, 0.29) is 12.0 Å². The van der Waals surface area contributed by atoms with E-state index < -0.39 is 0 Å². The first-order chi connectivity index (χ1) is 10.2. The van der Waals surface area contributed by atoms with Gasteiger partial charge in [0.15, 0.2) is 0 Å². The highest BCUT2D eigenvalue weighted by atomic mass is 16.5. The van der Waals surface area contributed by atoms with Crippen molar-refractivity contribution in [3.8, 4) is 5.75 Å². The van der Waals surface area contributed by atoms with E-state index >= 15 is 0 Å². The van der Waals surface area contributed by atoms with E-state index in [1.807, 2.05) is 56.9 Å². The Morgan fingerprint density at radius 2 is 1.76 bits per heavy atom. The van der Waals surface area contributed by atoms with Crippen molar-refractivity contribution in [2.45, 2.75) is 40.7 Å². The number of carbonyl (C=O) groups is 1. The zero-order valence-corrected chi connectivity index (χ0v) is 14.2. The molecule has 0 N–H and O–H groups in total. The van der Waals surface area contributed by atoms with E-state index in [9.17, 15) is 4.79 Å². The number of rotatable bonds is 2. The number of amides is 1. The van der Waals surface area contributed by atoms with Crippen LogP contribution in [0.15, 0.2) is 24.3 Å². The topological polar surface area (TPSA) is 38.8 Å². The molecule has 1 aromatic carbocycles. The molecule has 0 radical (unpaired) electrons. The average molecular weight is 295 g/mol. The van der Waals surface area contributed by atoms with Crippen LogP contribution in [-0.4, -0.2) is 37.6 Å². The summed E-state index contributed by atoms with van der Waals surface area (Å²) in [7, 11) is 1.64. The van der Waals surface area contributed by atoms with Crippen molar-refractivity contribution in [3.63, 3.8) is 0 Å². The fraction of sp³-hybridized carbons (Fsp3) is 0.588. The number of ether oxygens (including phenoxy) is 2. The zero-order valence-electron chi connectivity index (χ0n) is 14.2. The molecule has 1 aliphatic rings. The molecular weight excluding hydrogens is 266 g/mol. The van der Waals surface area contributed by atoms with Gasteiger partial charge in [0.2, 0.25) is 5.91 Å². The molecule has 1 amide bonds. The van der Waals surface area contributed by atoms with Crippen LogP contribution in [0.4, 0.5) is 0 Å². The van der Waals surface area contributed by atoms with Gasteiger partial charge in [-0.2, -0.15) is 0 Å². The molecule has 21 heavy (non-hydrogen) atoms. The van der Waals surface area contributed by atoms with Gasteiger partial charge < -0.3 is 14.4 Å². The molecule has 1 aliphatic heterocycles. The van der Waals surface area contributed by atoms with E-state index in [0.29, 0.717) is 19.7 Å². The Bertz CT molecular complexity index is 390. The predicted molar refractivity (Wildman–Crippen MR) is 86.6 cm³/mol. The molecule has 0 bridgehead atoms. The number of hydrogen-bond acceptors (Lipinski definition) is 3. The SMILES string of the molecule is CC.CC.COc1ccc(C2CN(C(C)=O)CCO2)cc1. The molecule has 4 heteroatoms. The maximum absolute atomic E-state index is 11.3. The first-order valence-electron chi connectivity index (χ1n) is 7.72. The van der Waals surface area contributed by atoms with Gasteiger partial charge in [-0.1, -0.05) is 39.8 Å². The Morgan fingerprint density at radius 3 is 2.24 bits per heavy atom. The molecule has 1 unspecified atom stereocenters. The number of nitrogens with zero attached hydrogens (tertiary/aromatic N) is 1. The minimum Gasteiger partial charge on any atom is -0.497 e. The number of methoxy groups -OCH3 is 1. The zero-order chi connectivity index (χ0) is 16.3. The van der Waals surface area contributed by atoms with Gasteiger partial charge in [0, 0.05) is 13.5 Å². The molecule has 4 nitrogen and oxygen atoms in total. The highest BCUT2D eigenvalue weighted by Crippen LogP contribution is 2.24. The van der Waals surface area contributed by atoms with Crippen LogP contribution in [0.5, 0.6) is 5.75 Å². The van der Waals surface area contributed by atoms with Crippen molar-refractivity contribution < 1.29 is 14.3 Å². The minimum atomic E-state index is -0.0291. The third-order valence-corrected chi connectivity index (χ3v) is 3.00. The maximum atomic E-state index is 11.3. The van der Waals surface area contributed by atoms with Crippen LogP contribution in [0.2, 0.25) is 0 Å². The van der Waals surface area contributed by atoms with Crippen LogP contribution in [0.3, 0.4) is 0 Å². The normalized spacial score (nSPS) is 16.9. The smallest absolute Gasteiger partial charge is 0.219 e. The Morgan fingerprint density at radius 1 is 1.19 bits per heavy atom. The van der Waals surface area contributed by atoms with E-state index in [1.165, 1.54) is 0 Å². The quantitative estimate of drug-likeness (QED) is 0.835. The third-order valence-electron chi connectivity index (χ3n) is 3.00. The molecule has 0 aliphatic carbocycles. The molecule has 2 rings (SSSR count). The molecular formula is C17H29NO3. The number of morpholine rings is 1. The maximum Gasteiger partial charge on any atom is 0.219 e. The van der Waals surface area contributed by atoms with E-state index in [1.54, 1.807) is 14.0 Å². The fourth-order valence-corrected chi connectivity index (χ4v) is 1.96. The molecule has 1 heterocycles. The highest BCUT2D eigenvalue weighted by molar-refractivity contribution is 5.73. The lowest BCUT2D eigenvalue weighted by Gasteiger charge is -2.32. The lowest BCUT2D eigenvalue weighted by atomic mass is 10.1. The molecule has 0 spiro atoms. The summed E-state index contributed by atoms with van der Waals surface area (Å²) in [6, 6.07) is 7.77. The Balaban J connectivity index is 0.000000921. The van der Waals surface area contributed by atoms with Gasteiger partial charge in [0.1, 0.15) is 11.9 Å². The van der Waals surface area contributed by atoms with Crippen molar-refractivity contribution in [3.05, 3.63) is 29.8 Å². The summed E-state index contributed by atoms with van der Waals surface area (Å²) in [4.78, 5) is 13.1. The van der Waals surface area contributed by atoms with Gasteiger partial charge in [-0.3, -0.25) is 4.79 Å². The van der Waals surface area contributed by atoms with Crippen LogP contribution in [0.25, 0.3) is 0 Å². The van der Waals surface area contributed by atoms with E-state index in [4.69, 9.17) is 9.47 Å². The molecule has 1 aromatic rings. The van der Waals surface area contributed by atoms with E-state index in [0.717, 1.165) is 11.3 Å². The van der Waals surface area contributed by atoms with Gasteiger partial charge in [-0.05, 0) is 17.7 Å². The van der Waals surface area contributed by atoms with Crippen molar-refractivity contribution in [1.82, 2.24) is 4.90 Å². The lowest BCUT2D eigenvalue weighted by Crippen LogP contribution is -2.41. The Kier molecular flexibility index (Phi) is 10.3. The summed E-state index contributed by atoms with van der Waals surface area (Å²) in [5.74, 6) is 0.930. The summed E-state index contributed by atoms with van der Waals surface area (Å²) in [6.07, 6.45) is -0.0291. The van der Waals surface area contributed by atoms with Gasteiger partial charge in [-0.25, -0.2) is 0 Å². The first kappa shape index (κ1) is 19.4. The lowest BCUT2D eigenvalue weighted by molar-refractivity contribution is -0.136. The third kappa shape index (κ3) is 6.17.